The van der Waals surface area contributed by atoms with Crippen LogP contribution in [0.1, 0.15) is 6.42 Å². The lowest BCUT2D eigenvalue weighted by atomic mass is 10.2. The molecule has 0 unspecified atom stereocenters. The first kappa shape index (κ1) is 12.8. The zero-order valence-corrected chi connectivity index (χ0v) is 11.6. The summed E-state index contributed by atoms with van der Waals surface area (Å²) in [6, 6.07) is 14.2. The minimum absolute atomic E-state index is 0.827. The fourth-order valence-corrected chi connectivity index (χ4v) is 2.67. The van der Waals surface area contributed by atoms with Crippen LogP contribution < -0.4 is 15.5 Å². The molecular formula is C16H20N4. The Hall–Kier alpha value is -2.23. The van der Waals surface area contributed by atoms with Gasteiger partial charge in [0.15, 0.2) is 0 Å². The highest BCUT2D eigenvalue weighted by Crippen LogP contribution is 2.20. The lowest BCUT2D eigenvalue weighted by Crippen LogP contribution is -2.31. The minimum atomic E-state index is 0.827. The van der Waals surface area contributed by atoms with Crippen molar-refractivity contribution in [3.63, 3.8) is 0 Å². The van der Waals surface area contributed by atoms with Crippen molar-refractivity contribution in [1.29, 1.82) is 0 Å². The van der Waals surface area contributed by atoms with Gasteiger partial charge in [0.05, 0.1) is 0 Å². The van der Waals surface area contributed by atoms with Crippen molar-refractivity contribution in [2.45, 2.75) is 6.42 Å². The maximum Gasteiger partial charge on any atom is 0.128 e. The lowest BCUT2D eigenvalue weighted by Gasteiger charge is -2.24. The van der Waals surface area contributed by atoms with Gasteiger partial charge in [0.1, 0.15) is 5.82 Å². The molecule has 104 valence electrons. The molecule has 0 bridgehead atoms. The van der Waals surface area contributed by atoms with Crippen molar-refractivity contribution in [2.75, 3.05) is 41.7 Å². The molecule has 4 nitrogen and oxygen atoms in total. The highest BCUT2D eigenvalue weighted by molar-refractivity contribution is 5.56. The molecule has 1 aromatic heterocycles. The van der Waals surface area contributed by atoms with Crippen LogP contribution in [0.5, 0.6) is 0 Å². The van der Waals surface area contributed by atoms with Crippen LogP contribution in [0.15, 0.2) is 48.7 Å². The van der Waals surface area contributed by atoms with Crippen LogP contribution in [0.3, 0.4) is 0 Å². The van der Waals surface area contributed by atoms with Crippen LogP contribution in [0.4, 0.5) is 17.2 Å². The molecule has 0 spiro atoms. The van der Waals surface area contributed by atoms with Crippen molar-refractivity contribution < 1.29 is 0 Å². The maximum absolute atomic E-state index is 5.88. The summed E-state index contributed by atoms with van der Waals surface area (Å²) in [6.07, 6.45) is 2.99. The Balaban J connectivity index is 1.71. The number of nitrogens with two attached hydrogens (primary N) is 1. The quantitative estimate of drug-likeness (QED) is 0.849. The molecule has 1 aliphatic rings. The molecule has 4 heteroatoms. The summed E-state index contributed by atoms with van der Waals surface area (Å²) in [4.78, 5) is 9.20. The molecule has 0 saturated carbocycles. The average molecular weight is 268 g/mol. The smallest absolute Gasteiger partial charge is 0.128 e. The molecule has 0 amide bonds. The summed E-state index contributed by atoms with van der Waals surface area (Å²) >= 11 is 0. The van der Waals surface area contributed by atoms with E-state index in [1.54, 1.807) is 0 Å². The molecule has 1 aromatic carbocycles. The number of anilines is 3. The lowest BCUT2D eigenvalue weighted by molar-refractivity contribution is 0.798. The average Bonchev–Trinajstić information content (AvgIpc) is 2.74. The van der Waals surface area contributed by atoms with Gasteiger partial charge in [-0.2, -0.15) is 0 Å². The first-order valence-corrected chi connectivity index (χ1v) is 7.09. The Morgan fingerprint density at radius 2 is 1.75 bits per heavy atom. The van der Waals surface area contributed by atoms with E-state index < -0.39 is 0 Å². The number of aromatic nitrogens is 1. The second-order valence-electron chi connectivity index (χ2n) is 5.11. The van der Waals surface area contributed by atoms with E-state index in [0.717, 1.165) is 44.1 Å². The summed E-state index contributed by atoms with van der Waals surface area (Å²) in [5.41, 5.74) is 7.92. The van der Waals surface area contributed by atoms with Gasteiger partial charge in [-0.1, -0.05) is 12.1 Å². The topological polar surface area (TPSA) is 45.4 Å². The summed E-state index contributed by atoms with van der Waals surface area (Å²) in [6.45, 7) is 4.11. The number of hydrogen-bond donors (Lipinski definition) is 1. The third kappa shape index (κ3) is 2.85. The summed E-state index contributed by atoms with van der Waals surface area (Å²) in [5.74, 6) is 1.07. The van der Waals surface area contributed by atoms with Gasteiger partial charge in [-0.05, 0) is 36.8 Å². The molecule has 2 aromatic rings. The van der Waals surface area contributed by atoms with Crippen LogP contribution >= 0.6 is 0 Å². The van der Waals surface area contributed by atoms with Gasteiger partial charge in [-0.25, -0.2) is 4.98 Å². The summed E-state index contributed by atoms with van der Waals surface area (Å²) in [7, 11) is 0. The fraction of sp³-hybridized carbons (Fsp3) is 0.312. The monoisotopic (exact) mass is 268 g/mol. The molecule has 0 radical (unpaired) electrons. The van der Waals surface area contributed by atoms with Crippen molar-refractivity contribution in [2.24, 2.45) is 0 Å². The van der Waals surface area contributed by atoms with E-state index >= 15 is 0 Å². The van der Waals surface area contributed by atoms with Crippen LogP contribution in [0.2, 0.25) is 0 Å². The van der Waals surface area contributed by atoms with Crippen molar-refractivity contribution in [1.82, 2.24) is 4.98 Å². The van der Waals surface area contributed by atoms with Crippen LogP contribution in [-0.4, -0.2) is 31.2 Å². The number of pyridine rings is 1. The van der Waals surface area contributed by atoms with Crippen molar-refractivity contribution in [3.05, 3.63) is 48.7 Å². The highest BCUT2D eigenvalue weighted by Gasteiger charge is 2.16. The Morgan fingerprint density at radius 1 is 0.900 bits per heavy atom. The molecule has 20 heavy (non-hydrogen) atoms. The van der Waals surface area contributed by atoms with Gasteiger partial charge in [-0.3, -0.25) is 0 Å². The Kier molecular flexibility index (Phi) is 3.72. The Morgan fingerprint density at radius 3 is 2.55 bits per heavy atom. The van der Waals surface area contributed by atoms with E-state index in [0.29, 0.717) is 0 Å². The van der Waals surface area contributed by atoms with E-state index in [1.165, 1.54) is 5.69 Å². The van der Waals surface area contributed by atoms with Crippen LogP contribution in [-0.2, 0) is 0 Å². The molecule has 1 fully saturated rings. The molecule has 2 heterocycles. The standard InChI is InChI=1S/C16H20N4/c17-14-5-3-6-15(13-14)19-9-4-10-20(12-11-19)16-7-1-2-8-18-16/h1-3,5-8,13H,4,9-12,17H2. The number of hydrogen-bond acceptors (Lipinski definition) is 4. The first-order chi connectivity index (χ1) is 9.83. The zero-order chi connectivity index (χ0) is 13.8. The normalized spacial score (nSPS) is 16.0. The highest BCUT2D eigenvalue weighted by atomic mass is 15.2. The van der Waals surface area contributed by atoms with Gasteiger partial charge >= 0.3 is 0 Å². The third-order valence-corrected chi connectivity index (χ3v) is 3.70. The van der Waals surface area contributed by atoms with Crippen LogP contribution in [0.25, 0.3) is 0 Å². The van der Waals surface area contributed by atoms with Gasteiger partial charge in [0, 0.05) is 43.8 Å². The second kappa shape index (κ2) is 5.82. The van der Waals surface area contributed by atoms with E-state index in [1.807, 2.05) is 30.5 Å². The SMILES string of the molecule is Nc1cccc(N2CCCN(c3ccccn3)CC2)c1. The molecule has 3 rings (SSSR count). The molecule has 1 aliphatic heterocycles. The minimum Gasteiger partial charge on any atom is -0.399 e. The van der Waals surface area contributed by atoms with Crippen molar-refractivity contribution in [3.8, 4) is 0 Å². The predicted molar refractivity (Wildman–Crippen MR) is 84.1 cm³/mol. The van der Waals surface area contributed by atoms with E-state index in [2.05, 4.69) is 33.0 Å². The van der Waals surface area contributed by atoms with Crippen molar-refractivity contribution >= 4 is 17.2 Å². The first-order valence-electron chi connectivity index (χ1n) is 7.09. The van der Waals surface area contributed by atoms with Gasteiger partial charge in [0.2, 0.25) is 0 Å². The van der Waals surface area contributed by atoms with E-state index in [-0.39, 0.29) is 0 Å². The predicted octanol–water partition coefficient (Wildman–Crippen LogP) is 2.38. The zero-order valence-electron chi connectivity index (χ0n) is 11.6. The van der Waals surface area contributed by atoms with E-state index in [9.17, 15) is 0 Å². The third-order valence-electron chi connectivity index (χ3n) is 3.70. The molecular weight excluding hydrogens is 248 g/mol. The van der Waals surface area contributed by atoms with Crippen LogP contribution in [0, 0.1) is 0 Å². The maximum atomic E-state index is 5.88. The number of nitrogens with zero attached hydrogens (tertiary/aromatic N) is 3. The van der Waals surface area contributed by atoms with Gasteiger partial charge in [0.25, 0.3) is 0 Å². The summed E-state index contributed by atoms with van der Waals surface area (Å²) < 4.78 is 0. The molecule has 2 N–H and O–H groups in total. The Labute approximate surface area is 119 Å². The Bertz CT molecular complexity index is 555. The molecule has 1 saturated heterocycles. The van der Waals surface area contributed by atoms with Gasteiger partial charge < -0.3 is 15.5 Å². The number of rotatable bonds is 2. The van der Waals surface area contributed by atoms with Gasteiger partial charge in [-0.15, -0.1) is 0 Å². The molecule has 0 aliphatic carbocycles. The molecule has 0 atom stereocenters. The largest absolute Gasteiger partial charge is 0.399 e. The number of nitrogen functional groups attached to an aromatic ring is 1. The second-order valence-corrected chi connectivity index (χ2v) is 5.11. The summed E-state index contributed by atoms with van der Waals surface area (Å²) in [5, 5.41) is 0. The fourth-order valence-electron chi connectivity index (χ4n) is 2.67. The number of benzene rings is 1. The van der Waals surface area contributed by atoms with E-state index in [4.69, 9.17) is 5.73 Å².